The van der Waals surface area contributed by atoms with Crippen molar-refractivity contribution in [2.75, 3.05) is 33.7 Å². The second kappa shape index (κ2) is 5.96. The number of likely N-dealkylation sites (N-methyl/N-ethyl adjacent to an activating group) is 2. The van der Waals surface area contributed by atoms with Crippen LogP contribution in [0.1, 0.15) is 38.5 Å². The van der Waals surface area contributed by atoms with Crippen LogP contribution < -0.4 is 0 Å². The van der Waals surface area contributed by atoms with Gasteiger partial charge in [0.25, 0.3) is 0 Å². The molecule has 3 nitrogen and oxygen atoms in total. The third-order valence-electron chi connectivity index (χ3n) is 4.43. The van der Waals surface area contributed by atoms with Crippen LogP contribution in [0.5, 0.6) is 0 Å². The maximum absolute atomic E-state index is 11.2. The normalized spacial score (nSPS) is 28.9. The molecule has 2 fully saturated rings. The summed E-state index contributed by atoms with van der Waals surface area (Å²) in [5, 5.41) is 0. The van der Waals surface area contributed by atoms with E-state index >= 15 is 0 Å². The minimum absolute atomic E-state index is 0.473. The molecule has 0 spiro atoms. The van der Waals surface area contributed by atoms with Crippen LogP contribution >= 0.6 is 0 Å². The molecule has 2 rings (SSSR count). The van der Waals surface area contributed by atoms with E-state index in [0.29, 0.717) is 5.78 Å². The van der Waals surface area contributed by atoms with E-state index in [-0.39, 0.29) is 0 Å². The van der Waals surface area contributed by atoms with Crippen molar-refractivity contribution in [1.29, 1.82) is 0 Å². The summed E-state index contributed by atoms with van der Waals surface area (Å²) < 4.78 is 0. The molecule has 0 amide bonds. The Labute approximate surface area is 105 Å². The number of carbonyl (C=O) groups excluding carboxylic acids is 1. The Morgan fingerprint density at radius 1 is 1.29 bits per heavy atom. The first-order chi connectivity index (χ1) is 8.15. The maximum atomic E-state index is 11.2. The number of ketones is 1. The molecule has 98 valence electrons. The lowest BCUT2D eigenvalue weighted by Crippen LogP contribution is -2.46. The third kappa shape index (κ3) is 3.78. The molecule has 0 bridgehead atoms. The number of hydrogen-bond acceptors (Lipinski definition) is 3. The lowest BCUT2D eigenvalue weighted by Gasteiger charge is -2.38. The summed E-state index contributed by atoms with van der Waals surface area (Å²) in [6.45, 7) is 3.65. The Hall–Kier alpha value is -0.410. The largest absolute Gasteiger partial charge is 0.305 e. The molecule has 0 aromatic carbocycles. The van der Waals surface area contributed by atoms with Gasteiger partial charge in [0.1, 0.15) is 5.78 Å². The standard InChI is InChI=1S/C14H26N2O/c1-15-9-3-4-13(11-15)16(2)10-12-5-7-14(17)8-6-12/h12-13H,3-11H2,1-2H3. The molecule has 1 atom stereocenters. The van der Waals surface area contributed by atoms with E-state index in [9.17, 15) is 4.79 Å². The van der Waals surface area contributed by atoms with E-state index in [0.717, 1.165) is 37.6 Å². The van der Waals surface area contributed by atoms with Crippen molar-refractivity contribution < 1.29 is 4.79 Å². The monoisotopic (exact) mass is 238 g/mol. The molecule has 1 aliphatic heterocycles. The van der Waals surface area contributed by atoms with Gasteiger partial charge in [-0.1, -0.05) is 0 Å². The van der Waals surface area contributed by atoms with Crippen molar-refractivity contribution in [2.45, 2.75) is 44.6 Å². The van der Waals surface area contributed by atoms with Gasteiger partial charge in [-0.2, -0.15) is 0 Å². The first-order valence-electron chi connectivity index (χ1n) is 7.05. The van der Waals surface area contributed by atoms with E-state index in [1.807, 2.05) is 0 Å². The summed E-state index contributed by atoms with van der Waals surface area (Å²) in [6.07, 6.45) is 6.55. The zero-order valence-electron chi connectivity index (χ0n) is 11.3. The minimum Gasteiger partial charge on any atom is -0.305 e. The van der Waals surface area contributed by atoms with Crippen molar-refractivity contribution in [2.24, 2.45) is 5.92 Å². The van der Waals surface area contributed by atoms with Crippen LogP contribution in [-0.2, 0) is 4.79 Å². The summed E-state index contributed by atoms with van der Waals surface area (Å²) >= 11 is 0. The van der Waals surface area contributed by atoms with Gasteiger partial charge in [-0.15, -0.1) is 0 Å². The lowest BCUT2D eigenvalue weighted by molar-refractivity contribution is -0.121. The van der Waals surface area contributed by atoms with Crippen molar-refractivity contribution >= 4 is 5.78 Å². The molecule has 2 aliphatic rings. The summed E-state index contributed by atoms with van der Waals surface area (Å²) in [4.78, 5) is 16.2. The highest BCUT2D eigenvalue weighted by Gasteiger charge is 2.25. The van der Waals surface area contributed by atoms with E-state index < -0.39 is 0 Å². The topological polar surface area (TPSA) is 23.6 Å². The molecule has 1 saturated heterocycles. The second-order valence-electron chi connectivity index (χ2n) is 5.98. The van der Waals surface area contributed by atoms with E-state index in [4.69, 9.17) is 0 Å². The number of hydrogen-bond donors (Lipinski definition) is 0. The highest BCUT2D eigenvalue weighted by molar-refractivity contribution is 5.79. The van der Waals surface area contributed by atoms with Crippen LogP contribution in [0.2, 0.25) is 0 Å². The minimum atomic E-state index is 0.473. The Bertz CT molecular complexity index is 257. The van der Waals surface area contributed by atoms with Crippen LogP contribution in [-0.4, -0.2) is 55.4 Å². The Kier molecular flexibility index (Phi) is 4.57. The number of likely N-dealkylation sites (tertiary alicyclic amines) is 1. The number of Topliss-reactive ketones (excluding diaryl/α,β-unsaturated/α-hetero) is 1. The van der Waals surface area contributed by atoms with Gasteiger partial charge in [0.2, 0.25) is 0 Å². The average molecular weight is 238 g/mol. The van der Waals surface area contributed by atoms with Gasteiger partial charge in [0, 0.05) is 32.0 Å². The quantitative estimate of drug-likeness (QED) is 0.748. The predicted molar refractivity (Wildman–Crippen MR) is 70.1 cm³/mol. The summed E-state index contributed by atoms with van der Waals surface area (Å²) in [7, 11) is 4.49. The molecule has 17 heavy (non-hydrogen) atoms. The second-order valence-corrected chi connectivity index (χ2v) is 5.98. The highest BCUT2D eigenvalue weighted by Crippen LogP contribution is 2.24. The molecular formula is C14H26N2O. The van der Waals surface area contributed by atoms with Crippen molar-refractivity contribution in [3.63, 3.8) is 0 Å². The van der Waals surface area contributed by atoms with Crippen LogP contribution in [0.25, 0.3) is 0 Å². The third-order valence-corrected chi connectivity index (χ3v) is 4.43. The fourth-order valence-corrected chi connectivity index (χ4v) is 3.24. The zero-order valence-corrected chi connectivity index (χ0v) is 11.3. The molecule has 1 saturated carbocycles. The predicted octanol–water partition coefficient (Wildman–Crippen LogP) is 1.77. The molecule has 0 N–H and O–H groups in total. The number of piperidine rings is 1. The summed E-state index contributed by atoms with van der Waals surface area (Å²) in [5.41, 5.74) is 0. The van der Waals surface area contributed by atoms with E-state index in [1.165, 1.54) is 32.5 Å². The molecule has 1 heterocycles. The molecular weight excluding hydrogens is 212 g/mol. The van der Waals surface area contributed by atoms with Gasteiger partial charge in [-0.3, -0.25) is 4.79 Å². The first-order valence-corrected chi connectivity index (χ1v) is 7.05. The van der Waals surface area contributed by atoms with Gasteiger partial charge >= 0.3 is 0 Å². The highest BCUT2D eigenvalue weighted by atomic mass is 16.1. The molecule has 0 aromatic rings. The number of rotatable bonds is 3. The van der Waals surface area contributed by atoms with Gasteiger partial charge in [-0.25, -0.2) is 0 Å². The molecule has 0 aromatic heterocycles. The maximum Gasteiger partial charge on any atom is 0.132 e. The number of nitrogens with zero attached hydrogens (tertiary/aromatic N) is 2. The van der Waals surface area contributed by atoms with E-state index in [2.05, 4.69) is 23.9 Å². The van der Waals surface area contributed by atoms with Gasteiger partial charge < -0.3 is 9.80 Å². The van der Waals surface area contributed by atoms with Gasteiger partial charge in [-0.05, 0) is 52.2 Å². The van der Waals surface area contributed by atoms with Crippen LogP contribution in [0.4, 0.5) is 0 Å². The van der Waals surface area contributed by atoms with Crippen LogP contribution in [0.15, 0.2) is 0 Å². The fraction of sp³-hybridized carbons (Fsp3) is 0.929. The van der Waals surface area contributed by atoms with Crippen molar-refractivity contribution in [3.8, 4) is 0 Å². The molecule has 1 unspecified atom stereocenters. The summed E-state index contributed by atoms with van der Waals surface area (Å²) in [5.74, 6) is 1.23. The number of carbonyl (C=O) groups is 1. The Balaban J connectivity index is 1.76. The molecule has 0 radical (unpaired) electrons. The average Bonchev–Trinajstić information content (AvgIpc) is 2.32. The molecule has 1 aliphatic carbocycles. The lowest BCUT2D eigenvalue weighted by atomic mass is 9.87. The summed E-state index contributed by atoms with van der Waals surface area (Å²) in [6, 6.07) is 0.728. The fourth-order valence-electron chi connectivity index (χ4n) is 3.24. The Morgan fingerprint density at radius 3 is 2.65 bits per heavy atom. The van der Waals surface area contributed by atoms with Gasteiger partial charge in [0.15, 0.2) is 0 Å². The zero-order chi connectivity index (χ0) is 12.3. The van der Waals surface area contributed by atoms with Crippen molar-refractivity contribution in [3.05, 3.63) is 0 Å². The SMILES string of the molecule is CN1CCCC(N(C)CC2CCC(=O)CC2)C1. The smallest absolute Gasteiger partial charge is 0.132 e. The molecule has 3 heteroatoms. The van der Waals surface area contributed by atoms with E-state index in [1.54, 1.807) is 0 Å². The van der Waals surface area contributed by atoms with Gasteiger partial charge in [0.05, 0.1) is 0 Å². The first kappa shape index (κ1) is 13.0. The Morgan fingerprint density at radius 2 is 2.00 bits per heavy atom. The van der Waals surface area contributed by atoms with Crippen LogP contribution in [0.3, 0.4) is 0 Å². The van der Waals surface area contributed by atoms with Crippen LogP contribution in [0, 0.1) is 5.92 Å². The van der Waals surface area contributed by atoms with Crippen molar-refractivity contribution in [1.82, 2.24) is 9.80 Å².